The van der Waals surface area contributed by atoms with Crippen molar-refractivity contribution >= 4 is 10.1 Å². The first kappa shape index (κ1) is 9.21. The molecule has 6 heteroatoms. The Morgan fingerprint density at radius 3 is 2.75 bits per heavy atom. The van der Waals surface area contributed by atoms with Gasteiger partial charge < -0.3 is 4.57 Å². The number of nitrogens with zero attached hydrogens (tertiary/aromatic N) is 2. The molecule has 0 aromatic carbocycles. The molecule has 68 valence electrons. The number of aryl methyl sites for hydroxylation is 1. The summed E-state index contributed by atoms with van der Waals surface area (Å²) in [6.07, 6.45) is 3.22. The molecule has 0 aliphatic carbocycles. The van der Waals surface area contributed by atoms with Crippen LogP contribution in [0.3, 0.4) is 0 Å². The summed E-state index contributed by atoms with van der Waals surface area (Å²) in [4.78, 5) is 3.85. The molecule has 1 aromatic rings. The maximum absolute atomic E-state index is 10.9. The monoisotopic (exact) mass is 190 g/mol. The van der Waals surface area contributed by atoms with E-state index in [1.807, 2.05) is 0 Å². The molecule has 1 heterocycles. The molecule has 0 N–H and O–H groups in total. The first-order chi connectivity index (χ1) is 5.55. The highest BCUT2D eigenvalue weighted by molar-refractivity contribution is 7.85. The number of imidazole rings is 1. The third kappa shape index (κ3) is 2.05. The van der Waals surface area contributed by atoms with Crippen molar-refractivity contribution in [2.75, 3.05) is 7.11 Å². The zero-order valence-corrected chi connectivity index (χ0v) is 7.71. The van der Waals surface area contributed by atoms with Crippen molar-refractivity contribution in [3.63, 3.8) is 0 Å². The van der Waals surface area contributed by atoms with Gasteiger partial charge in [0.2, 0.25) is 0 Å². The van der Waals surface area contributed by atoms with Crippen molar-refractivity contribution in [3.8, 4) is 0 Å². The molecule has 0 saturated heterocycles. The van der Waals surface area contributed by atoms with Gasteiger partial charge in [0.05, 0.1) is 7.11 Å². The smallest absolute Gasteiger partial charge is 0.274 e. The standard InChI is InChI=1S/C6H10N2O3S/c1-8-4-3-7-6(8)5-12(9,10)11-2/h3-4H,5H2,1-2H3. The Bertz CT molecular complexity index is 355. The maximum Gasteiger partial charge on any atom is 0.274 e. The van der Waals surface area contributed by atoms with E-state index >= 15 is 0 Å². The van der Waals surface area contributed by atoms with Crippen LogP contribution < -0.4 is 0 Å². The van der Waals surface area contributed by atoms with E-state index in [9.17, 15) is 8.42 Å². The van der Waals surface area contributed by atoms with E-state index in [2.05, 4.69) is 9.17 Å². The van der Waals surface area contributed by atoms with E-state index in [4.69, 9.17) is 0 Å². The van der Waals surface area contributed by atoms with E-state index in [-0.39, 0.29) is 5.75 Å². The average molecular weight is 190 g/mol. The minimum absolute atomic E-state index is 0.188. The van der Waals surface area contributed by atoms with E-state index in [0.29, 0.717) is 5.82 Å². The van der Waals surface area contributed by atoms with E-state index in [1.165, 1.54) is 0 Å². The van der Waals surface area contributed by atoms with Crippen LogP contribution in [0.1, 0.15) is 5.82 Å². The highest BCUT2D eigenvalue weighted by atomic mass is 32.2. The van der Waals surface area contributed by atoms with Crippen molar-refractivity contribution < 1.29 is 12.6 Å². The van der Waals surface area contributed by atoms with Crippen molar-refractivity contribution in [1.82, 2.24) is 9.55 Å². The summed E-state index contributed by atoms with van der Waals surface area (Å²) in [5.74, 6) is 0.282. The van der Waals surface area contributed by atoms with Crippen molar-refractivity contribution in [2.24, 2.45) is 7.05 Å². The van der Waals surface area contributed by atoms with Crippen molar-refractivity contribution in [1.29, 1.82) is 0 Å². The summed E-state index contributed by atoms with van der Waals surface area (Å²) in [6, 6.07) is 0. The van der Waals surface area contributed by atoms with Gasteiger partial charge in [-0.15, -0.1) is 0 Å². The Morgan fingerprint density at radius 1 is 1.67 bits per heavy atom. The largest absolute Gasteiger partial charge is 0.337 e. The zero-order chi connectivity index (χ0) is 9.19. The topological polar surface area (TPSA) is 61.2 Å². The molecule has 0 saturated carbocycles. The second kappa shape index (κ2) is 3.24. The molecule has 0 bridgehead atoms. The quantitative estimate of drug-likeness (QED) is 0.624. The molecule has 0 aliphatic rings. The van der Waals surface area contributed by atoms with Crippen LogP contribution in [0.4, 0.5) is 0 Å². The summed E-state index contributed by atoms with van der Waals surface area (Å²) in [6.45, 7) is 0. The summed E-state index contributed by atoms with van der Waals surface area (Å²) in [7, 11) is -0.581. The van der Waals surface area contributed by atoms with Gasteiger partial charge in [-0.3, -0.25) is 4.18 Å². The summed E-state index contributed by atoms with van der Waals surface area (Å²) in [5.41, 5.74) is 0. The molecule has 0 amide bonds. The highest BCUT2D eigenvalue weighted by Crippen LogP contribution is 2.02. The van der Waals surface area contributed by atoms with Gasteiger partial charge >= 0.3 is 0 Å². The molecule has 0 spiro atoms. The molecule has 0 unspecified atom stereocenters. The minimum Gasteiger partial charge on any atom is -0.337 e. The van der Waals surface area contributed by atoms with Crippen LogP contribution >= 0.6 is 0 Å². The van der Waals surface area contributed by atoms with Crippen molar-refractivity contribution in [3.05, 3.63) is 18.2 Å². The molecule has 1 rings (SSSR count). The maximum atomic E-state index is 10.9. The van der Waals surface area contributed by atoms with Gasteiger partial charge in [0.15, 0.2) is 0 Å². The van der Waals surface area contributed by atoms with E-state index < -0.39 is 10.1 Å². The zero-order valence-electron chi connectivity index (χ0n) is 6.89. The fourth-order valence-electron chi connectivity index (χ4n) is 0.753. The van der Waals surface area contributed by atoms with Crippen LogP contribution in [0.25, 0.3) is 0 Å². The van der Waals surface area contributed by atoms with Crippen LogP contribution in [0, 0.1) is 0 Å². The van der Waals surface area contributed by atoms with Gasteiger partial charge in [0, 0.05) is 19.4 Å². The lowest BCUT2D eigenvalue weighted by molar-refractivity contribution is 0.395. The predicted octanol–water partition coefficient (Wildman–Crippen LogP) is -0.104. The number of hydrogen-bond donors (Lipinski definition) is 0. The molecular formula is C6H10N2O3S. The molecule has 1 aromatic heterocycles. The number of hydrogen-bond acceptors (Lipinski definition) is 4. The van der Waals surface area contributed by atoms with Gasteiger partial charge in [-0.05, 0) is 0 Å². The van der Waals surface area contributed by atoms with Gasteiger partial charge in [-0.2, -0.15) is 8.42 Å². The molecule has 0 atom stereocenters. The Hall–Kier alpha value is -0.880. The Balaban J connectivity index is 2.84. The van der Waals surface area contributed by atoms with Gasteiger partial charge in [-0.25, -0.2) is 4.98 Å². The third-order valence-electron chi connectivity index (χ3n) is 1.48. The molecular weight excluding hydrogens is 180 g/mol. The number of rotatable bonds is 3. The third-order valence-corrected chi connectivity index (χ3v) is 2.60. The molecule has 0 radical (unpaired) electrons. The normalized spacial score (nSPS) is 11.8. The van der Waals surface area contributed by atoms with E-state index in [1.54, 1.807) is 24.0 Å². The molecule has 0 aliphatic heterocycles. The average Bonchev–Trinajstić information content (AvgIpc) is 2.36. The Kier molecular flexibility index (Phi) is 2.49. The van der Waals surface area contributed by atoms with E-state index in [0.717, 1.165) is 7.11 Å². The second-order valence-corrected chi connectivity index (χ2v) is 4.06. The molecule has 12 heavy (non-hydrogen) atoms. The van der Waals surface area contributed by atoms with Gasteiger partial charge in [0.25, 0.3) is 10.1 Å². The number of aromatic nitrogens is 2. The Morgan fingerprint density at radius 2 is 2.33 bits per heavy atom. The lowest BCUT2D eigenvalue weighted by atomic mass is 10.7. The lowest BCUT2D eigenvalue weighted by Gasteiger charge is -2.00. The fraction of sp³-hybridized carbons (Fsp3) is 0.500. The van der Waals surface area contributed by atoms with Crippen molar-refractivity contribution in [2.45, 2.75) is 5.75 Å². The van der Waals surface area contributed by atoms with Crippen LogP contribution in [0.5, 0.6) is 0 Å². The van der Waals surface area contributed by atoms with Crippen LogP contribution in [-0.2, 0) is 27.1 Å². The minimum atomic E-state index is -3.45. The lowest BCUT2D eigenvalue weighted by Crippen LogP contribution is -2.09. The SMILES string of the molecule is COS(=O)(=O)Cc1nccn1C. The fourth-order valence-corrected chi connectivity index (χ4v) is 1.46. The summed E-state index contributed by atoms with van der Waals surface area (Å²) < 4.78 is 27.8. The van der Waals surface area contributed by atoms with Gasteiger partial charge in [0.1, 0.15) is 11.6 Å². The molecule has 5 nitrogen and oxygen atoms in total. The van der Waals surface area contributed by atoms with Crippen LogP contribution in [0.15, 0.2) is 12.4 Å². The van der Waals surface area contributed by atoms with Crippen LogP contribution in [-0.4, -0.2) is 25.1 Å². The first-order valence-electron chi connectivity index (χ1n) is 3.29. The predicted molar refractivity (Wildman–Crippen MR) is 42.8 cm³/mol. The highest BCUT2D eigenvalue weighted by Gasteiger charge is 2.12. The molecule has 0 fully saturated rings. The van der Waals surface area contributed by atoms with Crippen LogP contribution in [0.2, 0.25) is 0 Å². The van der Waals surface area contributed by atoms with Gasteiger partial charge in [-0.1, -0.05) is 0 Å². The summed E-state index contributed by atoms with van der Waals surface area (Å²) >= 11 is 0. The second-order valence-electron chi connectivity index (χ2n) is 2.32. The summed E-state index contributed by atoms with van der Waals surface area (Å²) in [5, 5.41) is 0. The first-order valence-corrected chi connectivity index (χ1v) is 4.87. The Labute approximate surface area is 71.1 Å².